The van der Waals surface area contributed by atoms with Gasteiger partial charge in [-0.3, -0.25) is 4.79 Å². The van der Waals surface area contributed by atoms with Gasteiger partial charge in [-0.15, -0.1) is 0 Å². The lowest BCUT2D eigenvalue weighted by Crippen LogP contribution is -2.35. The van der Waals surface area contributed by atoms with Crippen LogP contribution in [0.1, 0.15) is 37.6 Å². The van der Waals surface area contributed by atoms with Crippen LogP contribution in [-0.4, -0.2) is 32.3 Å². The van der Waals surface area contributed by atoms with Crippen molar-refractivity contribution in [1.82, 2.24) is 4.90 Å². The second-order valence-corrected chi connectivity index (χ2v) is 7.50. The summed E-state index contributed by atoms with van der Waals surface area (Å²) in [5.41, 5.74) is -0.149. The molecule has 0 radical (unpaired) electrons. The number of rotatable bonds is 6. The molecule has 7 heteroatoms. The fourth-order valence-corrected chi connectivity index (χ4v) is 2.61. The molecule has 1 aromatic carbocycles. The van der Waals surface area contributed by atoms with E-state index in [-0.39, 0.29) is 10.5 Å². The first-order chi connectivity index (χ1) is 9.70. The first-order valence-electron chi connectivity index (χ1n) is 6.74. The van der Waals surface area contributed by atoms with Crippen LogP contribution in [0.5, 0.6) is 0 Å². The van der Waals surface area contributed by atoms with E-state index in [9.17, 15) is 17.6 Å². The highest BCUT2D eigenvalue weighted by atomic mass is 35.7. The van der Waals surface area contributed by atoms with E-state index < -0.39 is 20.8 Å². The van der Waals surface area contributed by atoms with Crippen molar-refractivity contribution in [3.8, 4) is 0 Å². The van der Waals surface area contributed by atoms with E-state index >= 15 is 0 Å². The van der Waals surface area contributed by atoms with Crippen LogP contribution in [0.2, 0.25) is 0 Å². The number of carbonyl (C=O) groups excluding carboxylic acids is 1. The minimum Gasteiger partial charge on any atom is -0.339 e. The molecule has 1 amide bonds. The summed E-state index contributed by atoms with van der Waals surface area (Å²) in [6.45, 7) is 6.83. The molecule has 0 aliphatic heterocycles. The Morgan fingerprint density at radius 2 is 2.00 bits per heavy atom. The maximum atomic E-state index is 14.0. The van der Waals surface area contributed by atoms with E-state index in [1.54, 1.807) is 4.90 Å². The Kier molecular flexibility index (Phi) is 6.16. The standard InChI is InChI=1S/C14H19ClFNO3S/c1-4-10(3)9-17(5-2)14(18)12-7-6-11(8-13(12)16)21(15,19)20/h6-8,10H,4-5,9H2,1-3H3. The molecule has 1 atom stereocenters. The second-order valence-electron chi connectivity index (χ2n) is 4.94. The molecule has 0 aliphatic rings. The van der Waals surface area contributed by atoms with Crippen LogP contribution in [0.4, 0.5) is 4.39 Å². The van der Waals surface area contributed by atoms with Crippen molar-refractivity contribution in [3.63, 3.8) is 0 Å². The summed E-state index contributed by atoms with van der Waals surface area (Å²) in [6, 6.07) is 3.06. The highest BCUT2D eigenvalue weighted by molar-refractivity contribution is 8.13. The Labute approximate surface area is 129 Å². The number of halogens is 2. The zero-order chi connectivity index (χ0) is 16.2. The lowest BCUT2D eigenvalue weighted by molar-refractivity contribution is 0.0736. The van der Waals surface area contributed by atoms with Crippen molar-refractivity contribution >= 4 is 25.6 Å². The maximum absolute atomic E-state index is 14.0. The quantitative estimate of drug-likeness (QED) is 0.750. The topological polar surface area (TPSA) is 54.5 Å². The molecular formula is C14H19ClFNO3S. The molecule has 0 saturated carbocycles. The highest BCUT2D eigenvalue weighted by Gasteiger charge is 2.21. The predicted octanol–water partition coefficient (Wildman–Crippen LogP) is 3.26. The third kappa shape index (κ3) is 4.68. The monoisotopic (exact) mass is 335 g/mol. The van der Waals surface area contributed by atoms with Gasteiger partial charge in [0.2, 0.25) is 0 Å². The number of carbonyl (C=O) groups is 1. The number of hydrogen-bond acceptors (Lipinski definition) is 3. The Balaban J connectivity index is 3.07. The zero-order valence-corrected chi connectivity index (χ0v) is 13.8. The van der Waals surface area contributed by atoms with Crippen molar-refractivity contribution < 1.29 is 17.6 Å². The highest BCUT2D eigenvalue weighted by Crippen LogP contribution is 2.20. The van der Waals surface area contributed by atoms with Gasteiger partial charge in [-0.05, 0) is 31.0 Å². The number of hydrogen-bond donors (Lipinski definition) is 0. The van der Waals surface area contributed by atoms with Gasteiger partial charge in [-0.25, -0.2) is 12.8 Å². The summed E-state index contributed by atoms with van der Waals surface area (Å²) < 4.78 is 36.3. The molecule has 0 saturated heterocycles. The van der Waals surface area contributed by atoms with Crippen molar-refractivity contribution in [3.05, 3.63) is 29.6 Å². The van der Waals surface area contributed by atoms with Gasteiger partial charge < -0.3 is 4.90 Å². The molecule has 1 rings (SSSR count). The largest absolute Gasteiger partial charge is 0.339 e. The normalized spacial score (nSPS) is 13.0. The Morgan fingerprint density at radius 3 is 2.43 bits per heavy atom. The smallest absolute Gasteiger partial charge is 0.261 e. The molecule has 0 fully saturated rings. The average molecular weight is 336 g/mol. The summed E-state index contributed by atoms with van der Waals surface area (Å²) >= 11 is 0. The van der Waals surface area contributed by atoms with Gasteiger partial charge in [0, 0.05) is 23.8 Å². The second kappa shape index (κ2) is 7.22. The summed E-state index contributed by atoms with van der Waals surface area (Å²) in [7, 11) is 1.14. The molecule has 4 nitrogen and oxygen atoms in total. The van der Waals surface area contributed by atoms with Crippen LogP contribution in [0.25, 0.3) is 0 Å². The number of nitrogens with zero attached hydrogens (tertiary/aromatic N) is 1. The van der Waals surface area contributed by atoms with E-state index in [2.05, 4.69) is 0 Å². The average Bonchev–Trinajstić information content (AvgIpc) is 2.42. The molecule has 0 bridgehead atoms. The number of amides is 1. The molecule has 1 unspecified atom stereocenters. The minimum atomic E-state index is -4.01. The molecule has 118 valence electrons. The first-order valence-corrected chi connectivity index (χ1v) is 9.05. The summed E-state index contributed by atoms with van der Waals surface area (Å²) in [4.78, 5) is 13.5. The third-order valence-electron chi connectivity index (χ3n) is 3.35. The first kappa shape index (κ1) is 17.9. The molecule has 0 N–H and O–H groups in total. The van der Waals surface area contributed by atoms with E-state index in [0.29, 0.717) is 19.0 Å². The maximum Gasteiger partial charge on any atom is 0.261 e. The van der Waals surface area contributed by atoms with Crippen LogP contribution >= 0.6 is 10.7 Å². The Bertz CT molecular complexity index is 619. The number of benzene rings is 1. The Hall–Kier alpha value is -1.14. The van der Waals surface area contributed by atoms with E-state index in [1.165, 1.54) is 0 Å². The van der Waals surface area contributed by atoms with Gasteiger partial charge >= 0.3 is 0 Å². The molecule has 1 aromatic rings. The SMILES string of the molecule is CCC(C)CN(CC)C(=O)c1ccc(S(=O)(=O)Cl)cc1F. The molecule has 0 spiro atoms. The fraction of sp³-hybridized carbons (Fsp3) is 0.500. The van der Waals surface area contributed by atoms with Crippen molar-refractivity contribution in [2.75, 3.05) is 13.1 Å². The van der Waals surface area contributed by atoms with E-state index in [0.717, 1.165) is 24.6 Å². The van der Waals surface area contributed by atoms with Crippen molar-refractivity contribution in [2.45, 2.75) is 32.1 Å². The van der Waals surface area contributed by atoms with Gasteiger partial charge in [0.05, 0.1) is 10.5 Å². The fourth-order valence-electron chi connectivity index (χ4n) is 1.85. The van der Waals surface area contributed by atoms with Gasteiger partial charge in [0.25, 0.3) is 15.0 Å². The van der Waals surface area contributed by atoms with E-state index in [4.69, 9.17) is 10.7 Å². The van der Waals surface area contributed by atoms with Gasteiger partial charge in [0.15, 0.2) is 0 Å². The molecule has 0 aliphatic carbocycles. The van der Waals surface area contributed by atoms with Crippen molar-refractivity contribution in [1.29, 1.82) is 0 Å². The molecule has 0 heterocycles. The van der Waals surface area contributed by atoms with Crippen LogP contribution in [0.15, 0.2) is 23.1 Å². The predicted molar refractivity (Wildman–Crippen MR) is 80.5 cm³/mol. The lowest BCUT2D eigenvalue weighted by atomic mass is 10.1. The molecule has 21 heavy (non-hydrogen) atoms. The minimum absolute atomic E-state index is 0.149. The lowest BCUT2D eigenvalue weighted by Gasteiger charge is -2.24. The van der Waals surface area contributed by atoms with Crippen LogP contribution < -0.4 is 0 Å². The van der Waals surface area contributed by atoms with Crippen LogP contribution in [-0.2, 0) is 9.05 Å². The Morgan fingerprint density at radius 1 is 1.38 bits per heavy atom. The van der Waals surface area contributed by atoms with Crippen LogP contribution in [0.3, 0.4) is 0 Å². The molecular weight excluding hydrogens is 317 g/mol. The summed E-state index contributed by atoms with van der Waals surface area (Å²) in [5.74, 6) is -1.03. The van der Waals surface area contributed by atoms with Crippen LogP contribution in [0, 0.1) is 11.7 Å². The van der Waals surface area contributed by atoms with E-state index in [1.807, 2.05) is 20.8 Å². The third-order valence-corrected chi connectivity index (χ3v) is 4.70. The summed E-state index contributed by atoms with van der Waals surface area (Å²) in [5, 5.41) is 0. The van der Waals surface area contributed by atoms with Gasteiger partial charge in [-0.2, -0.15) is 0 Å². The zero-order valence-electron chi connectivity index (χ0n) is 12.3. The molecule has 0 aromatic heterocycles. The van der Waals surface area contributed by atoms with Gasteiger partial charge in [-0.1, -0.05) is 20.3 Å². The summed E-state index contributed by atoms with van der Waals surface area (Å²) in [6.07, 6.45) is 0.912. The van der Waals surface area contributed by atoms with Crippen molar-refractivity contribution in [2.24, 2.45) is 5.92 Å². The van der Waals surface area contributed by atoms with Gasteiger partial charge in [0.1, 0.15) is 5.82 Å².